The van der Waals surface area contributed by atoms with Crippen LogP contribution >= 0.6 is 0 Å². The Kier molecular flexibility index (Phi) is 6.35. The summed E-state index contributed by atoms with van der Waals surface area (Å²) in [7, 11) is 3.38. The molecule has 154 valence electrons. The third-order valence-electron chi connectivity index (χ3n) is 5.36. The van der Waals surface area contributed by atoms with E-state index in [1.54, 1.807) is 14.2 Å². The van der Waals surface area contributed by atoms with Crippen molar-refractivity contribution in [1.82, 2.24) is 5.32 Å². The standard InChI is InChI=1S/C26H27NO3/c1-28-24-11-7-6-10-20(24)12-13-23-22-17-25(29-2)26(16-21(22)14-15-27-23)30-18-19-8-4-3-5-9-19/h3-13,16-17,23,27H,14-15,18H2,1-2H3. The Bertz CT molecular complexity index is 1010. The molecule has 4 rings (SSSR count). The molecule has 3 aromatic rings. The van der Waals surface area contributed by atoms with Gasteiger partial charge in [-0.2, -0.15) is 0 Å². The summed E-state index contributed by atoms with van der Waals surface area (Å²) in [6.07, 6.45) is 5.25. The second kappa shape index (κ2) is 9.51. The average molecular weight is 402 g/mol. The quantitative estimate of drug-likeness (QED) is 0.592. The first-order valence-corrected chi connectivity index (χ1v) is 10.2. The Balaban J connectivity index is 1.58. The zero-order valence-electron chi connectivity index (χ0n) is 17.4. The van der Waals surface area contributed by atoms with Gasteiger partial charge >= 0.3 is 0 Å². The molecule has 1 unspecified atom stereocenters. The van der Waals surface area contributed by atoms with E-state index in [9.17, 15) is 0 Å². The fourth-order valence-electron chi connectivity index (χ4n) is 3.78. The van der Waals surface area contributed by atoms with Gasteiger partial charge in [-0.05, 0) is 41.3 Å². The van der Waals surface area contributed by atoms with Gasteiger partial charge in [-0.3, -0.25) is 0 Å². The first-order valence-electron chi connectivity index (χ1n) is 10.2. The topological polar surface area (TPSA) is 39.7 Å². The lowest BCUT2D eigenvalue weighted by molar-refractivity contribution is 0.283. The number of hydrogen-bond acceptors (Lipinski definition) is 4. The summed E-state index contributed by atoms with van der Waals surface area (Å²) in [4.78, 5) is 0. The highest BCUT2D eigenvalue weighted by atomic mass is 16.5. The van der Waals surface area contributed by atoms with E-state index in [0.717, 1.165) is 41.3 Å². The average Bonchev–Trinajstić information content (AvgIpc) is 2.81. The molecule has 0 aromatic heterocycles. The van der Waals surface area contributed by atoms with Crippen molar-refractivity contribution in [2.24, 2.45) is 0 Å². The zero-order valence-corrected chi connectivity index (χ0v) is 17.4. The summed E-state index contributed by atoms with van der Waals surface area (Å²) < 4.78 is 17.2. The summed E-state index contributed by atoms with van der Waals surface area (Å²) >= 11 is 0. The molecule has 0 amide bonds. The van der Waals surface area contributed by atoms with E-state index in [1.807, 2.05) is 36.4 Å². The normalized spacial score (nSPS) is 15.6. The van der Waals surface area contributed by atoms with Gasteiger partial charge in [0.1, 0.15) is 12.4 Å². The SMILES string of the molecule is COc1ccccc1C=CC1NCCc2cc(OCc3ccccc3)c(OC)cc21. The number of fused-ring (bicyclic) bond motifs is 1. The smallest absolute Gasteiger partial charge is 0.161 e. The molecule has 4 nitrogen and oxygen atoms in total. The van der Waals surface area contributed by atoms with Crippen LogP contribution in [0.2, 0.25) is 0 Å². The third-order valence-corrected chi connectivity index (χ3v) is 5.36. The maximum atomic E-state index is 6.10. The van der Waals surface area contributed by atoms with Crippen molar-refractivity contribution in [3.05, 3.63) is 95.1 Å². The molecule has 30 heavy (non-hydrogen) atoms. The monoisotopic (exact) mass is 401 g/mol. The number of hydrogen-bond donors (Lipinski definition) is 1. The van der Waals surface area contributed by atoms with Crippen LogP contribution in [0.5, 0.6) is 17.2 Å². The zero-order chi connectivity index (χ0) is 20.8. The van der Waals surface area contributed by atoms with Crippen molar-refractivity contribution in [3.8, 4) is 17.2 Å². The maximum Gasteiger partial charge on any atom is 0.161 e. The third kappa shape index (κ3) is 4.50. The molecule has 3 aromatic carbocycles. The Hall–Kier alpha value is -3.24. The molecule has 0 spiro atoms. The maximum absolute atomic E-state index is 6.10. The number of benzene rings is 3. The minimum Gasteiger partial charge on any atom is -0.496 e. The minimum absolute atomic E-state index is 0.107. The molecule has 0 aliphatic carbocycles. The van der Waals surface area contributed by atoms with Gasteiger partial charge in [0.2, 0.25) is 0 Å². The van der Waals surface area contributed by atoms with Gasteiger partial charge in [-0.25, -0.2) is 0 Å². The molecular formula is C26H27NO3. The van der Waals surface area contributed by atoms with Crippen LogP contribution in [-0.2, 0) is 13.0 Å². The summed E-state index contributed by atoms with van der Waals surface area (Å²) in [5.74, 6) is 2.41. The first-order chi connectivity index (χ1) is 14.8. The van der Waals surface area contributed by atoms with Crippen LogP contribution < -0.4 is 19.5 Å². The van der Waals surface area contributed by atoms with Crippen LogP contribution in [0.25, 0.3) is 6.08 Å². The van der Waals surface area contributed by atoms with E-state index in [2.05, 4.69) is 47.8 Å². The predicted octanol–water partition coefficient (Wildman–Crippen LogP) is 5.18. The fraction of sp³-hybridized carbons (Fsp3) is 0.231. The molecular weight excluding hydrogens is 374 g/mol. The number of nitrogens with one attached hydrogen (secondary N) is 1. The van der Waals surface area contributed by atoms with Crippen molar-refractivity contribution in [1.29, 1.82) is 0 Å². The van der Waals surface area contributed by atoms with Crippen LogP contribution in [0.1, 0.15) is 28.3 Å². The number of rotatable bonds is 7. The second-order valence-corrected chi connectivity index (χ2v) is 7.26. The van der Waals surface area contributed by atoms with Gasteiger partial charge in [-0.15, -0.1) is 0 Å². The summed E-state index contributed by atoms with van der Waals surface area (Å²) in [5.41, 5.74) is 4.70. The van der Waals surface area contributed by atoms with E-state index in [0.29, 0.717) is 6.61 Å². The Morgan fingerprint density at radius 1 is 0.900 bits per heavy atom. The minimum atomic E-state index is 0.107. The molecule has 0 bridgehead atoms. The van der Waals surface area contributed by atoms with Gasteiger partial charge in [0.05, 0.1) is 20.3 Å². The molecule has 1 heterocycles. The van der Waals surface area contributed by atoms with E-state index < -0.39 is 0 Å². The number of methoxy groups -OCH3 is 2. The lowest BCUT2D eigenvalue weighted by atomic mass is 9.93. The highest BCUT2D eigenvalue weighted by Gasteiger charge is 2.21. The molecule has 0 radical (unpaired) electrons. The van der Waals surface area contributed by atoms with Crippen molar-refractivity contribution >= 4 is 6.08 Å². The molecule has 1 N–H and O–H groups in total. The Labute approximate surface area is 178 Å². The Morgan fingerprint density at radius 3 is 2.47 bits per heavy atom. The van der Waals surface area contributed by atoms with Gasteiger partial charge in [-0.1, -0.05) is 60.7 Å². The van der Waals surface area contributed by atoms with E-state index in [1.165, 1.54) is 11.1 Å². The molecule has 0 saturated heterocycles. The Morgan fingerprint density at radius 2 is 1.67 bits per heavy atom. The lowest BCUT2D eigenvalue weighted by Gasteiger charge is -2.26. The lowest BCUT2D eigenvalue weighted by Crippen LogP contribution is -2.28. The van der Waals surface area contributed by atoms with Gasteiger partial charge in [0, 0.05) is 12.1 Å². The van der Waals surface area contributed by atoms with E-state index >= 15 is 0 Å². The number of ether oxygens (including phenoxy) is 3. The largest absolute Gasteiger partial charge is 0.496 e. The van der Waals surface area contributed by atoms with Crippen LogP contribution in [-0.4, -0.2) is 20.8 Å². The molecule has 0 saturated carbocycles. The van der Waals surface area contributed by atoms with Gasteiger partial charge in [0.25, 0.3) is 0 Å². The predicted molar refractivity (Wildman–Crippen MR) is 120 cm³/mol. The van der Waals surface area contributed by atoms with Gasteiger partial charge in [0.15, 0.2) is 11.5 Å². The van der Waals surface area contributed by atoms with E-state index in [-0.39, 0.29) is 6.04 Å². The van der Waals surface area contributed by atoms with Crippen molar-refractivity contribution in [2.45, 2.75) is 19.1 Å². The number of para-hydroxylation sites is 1. The first kappa shape index (κ1) is 20.0. The highest BCUT2D eigenvalue weighted by Crippen LogP contribution is 2.36. The van der Waals surface area contributed by atoms with Crippen LogP contribution in [0, 0.1) is 0 Å². The van der Waals surface area contributed by atoms with Crippen LogP contribution in [0.15, 0.2) is 72.8 Å². The molecule has 1 aliphatic heterocycles. The second-order valence-electron chi connectivity index (χ2n) is 7.26. The van der Waals surface area contributed by atoms with Gasteiger partial charge < -0.3 is 19.5 Å². The molecule has 1 atom stereocenters. The fourth-order valence-corrected chi connectivity index (χ4v) is 3.78. The summed E-state index contributed by atoms with van der Waals surface area (Å²) in [6, 6.07) is 22.5. The van der Waals surface area contributed by atoms with E-state index in [4.69, 9.17) is 14.2 Å². The van der Waals surface area contributed by atoms with Crippen molar-refractivity contribution in [2.75, 3.05) is 20.8 Å². The van der Waals surface area contributed by atoms with Crippen molar-refractivity contribution in [3.63, 3.8) is 0 Å². The van der Waals surface area contributed by atoms with Crippen LogP contribution in [0.3, 0.4) is 0 Å². The molecule has 4 heteroatoms. The van der Waals surface area contributed by atoms with Crippen molar-refractivity contribution < 1.29 is 14.2 Å². The molecule has 1 aliphatic rings. The summed E-state index contributed by atoms with van der Waals surface area (Å²) in [5, 5.41) is 3.59. The summed E-state index contributed by atoms with van der Waals surface area (Å²) in [6.45, 7) is 1.43. The van der Waals surface area contributed by atoms with Crippen LogP contribution in [0.4, 0.5) is 0 Å². The molecule has 0 fully saturated rings. The highest BCUT2D eigenvalue weighted by molar-refractivity contribution is 5.59.